The van der Waals surface area contributed by atoms with Crippen molar-refractivity contribution in [3.05, 3.63) is 78.1 Å². The Kier molecular flexibility index (Phi) is 4.94. The maximum atomic E-state index is 12.4. The first-order valence-corrected chi connectivity index (χ1v) is 7.82. The van der Waals surface area contributed by atoms with Crippen molar-refractivity contribution in [2.24, 2.45) is 0 Å². The van der Waals surface area contributed by atoms with E-state index in [1.165, 1.54) is 19.2 Å². The molecule has 1 heterocycles. The molecule has 0 saturated carbocycles. The van der Waals surface area contributed by atoms with Gasteiger partial charge in [0.15, 0.2) is 5.75 Å². The van der Waals surface area contributed by atoms with Crippen molar-refractivity contribution in [2.45, 2.75) is 0 Å². The van der Waals surface area contributed by atoms with Gasteiger partial charge in [0.2, 0.25) is 0 Å². The number of phenolic OH excluding ortho intramolecular Hbond substituents is 1. The van der Waals surface area contributed by atoms with Crippen LogP contribution in [-0.4, -0.2) is 29.1 Å². The van der Waals surface area contributed by atoms with Crippen molar-refractivity contribution >= 4 is 17.6 Å². The summed E-state index contributed by atoms with van der Waals surface area (Å²) in [5.74, 6) is -1.41. The van der Waals surface area contributed by atoms with Gasteiger partial charge < -0.3 is 15.2 Å². The van der Waals surface area contributed by atoms with Crippen molar-refractivity contribution in [1.82, 2.24) is 4.98 Å². The number of nitrogens with zero attached hydrogens (tertiary/aromatic N) is 1. The minimum absolute atomic E-state index is 0.0154. The second-order valence-corrected chi connectivity index (χ2v) is 5.46. The number of hydrogen-bond donors (Lipinski definition) is 2. The Morgan fingerprint density at radius 3 is 2.27 bits per heavy atom. The fraction of sp³-hybridized carbons (Fsp3) is 0.0500. The molecule has 1 aromatic heterocycles. The molecule has 130 valence electrons. The van der Waals surface area contributed by atoms with Crippen LogP contribution < -0.4 is 5.32 Å². The normalized spacial score (nSPS) is 10.2. The smallest absolute Gasteiger partial charge is 0.341 e. The molecule has 26 heavy (non-hydrogen) atoms. The van der Waals surface area contributed by atoms with Crippen LogP contribution in [0.3, 0.4) is 0 Å². The summed E-state index contributed by atoms with van der Waals surface area (Å²) in [6.07, 6.45) is 3.40. The Balaban J connectivity index is 1.80. The Labute approximate surface area is 150 Å². The number of aromatic hydroxyl groups is 1. The van der Waals surface area contributed by atoms with Gasteiger partial charge in [-0.15, -0.1) is 0 Å². The zero-order valence-corrected chi connectivity index (χ0v) is 14.0. The number of amides is 1. The van der Waals surface area contributed by atoms with Crippen LogP contribution in [0, 0.1) is 0 Å². The molecular formula is C20H16N2O4. The van der Waals surface area contributed by atoms with Crippen LogP contribution in [0.2, 0.25) is 0 Å². The molecule has 6 nitrogen and oxygen atoms in total. The third kappa shape index (κ3) is 3.54. The summed E-state index contributed by atoms with van der Waals surface area (Å²) in [5, 5.41) is 12.8. The number of benzene rings is 2. The van der Waals surface area contributed by atoms with Gasteiger partial charge in [0.05, 0.1) is 12.8 Å². The van der Waals surface area contributed by atoms with Crippen molar-refractivity contribution in [1.29, 1.82) is 0 Å². The van der Waals surface area contributed by atoms with Gasteiger partial charge in [-0.3, -0.25) is 9.78 Å². The molecule has 2 aromatic carbocycles. The van der Waals surface area contributed by atoms with E-state index in [-0.39, 0.29) is 17.0 Å². The van der Waals surface area contributed by atoms with Crippen LogP contribution in [0.25, 0.3) is 11.1 Å². The second kappa shape index (κ2) is 7.48. The topological polar surface area (TPSA) is 88.5 Å². The van der Waals surface area contributed by atoms with Gasteiger partial charge in [-0.1, -0.05) is 18.2 Å². The van der Waals surface area contributed by atoms with Crippen LogP contribution in [0.15, 0.2) is 67.0 Å². The van der Waals surface area contributed by atoms with Crippen molar-refractivity contribution < 1.29 is 19.4 Å². The number of methoxy groups -OCH3 is 1. The van der Waals surface area contributed by atoms with E-state index in [4.69, 9.17) is 0 Å². The molecule has 0 fully saturated rings. The molecule has 3 rings (SSSR count). The van der Waals surface area contributed by atoms with Gasteiger partial charge in [-0.25, -0.2) is 4.79 Å². The molecule has 0 aliphatic rings. The summed E-state index contributed by atoms with van der Waals surface area (Å²) in [6.45, 7) is 0. The van der Waals surface area contributed by atoms with Gasteiger partial charge in [-0.2, -0.15) is 0 Å². The minimum atomic E-state index is -0.680. The Bertz CT molecular complexity index is 938. The monoisotopic (exact) mass is 348 g/mol. The number of anilines is 1. The molecule has 2 N–H and O–H groups in total. The van der Waals surface area contributed by atoms with E-state index in [9.17, 15) is 14.7 Å². The number of nitrogens with one attached hydrogen (secondary N) is 1. The Morgan fingerprint density at radius 2 is 1.62 bits per heavy atom. The highest BCUT2D eigenvalue weighted by Gasteiger charge is 2.16. The molecule has 3 aromatic rings. The van der Waals surface area contributed by atoms with Crippen LogP contribution in [-0.2, 0) is 4.74 Å². The first-order chi connectivity index (χ1) is 12.6. The number of phenols is 1. The predicted octanol–water partition coefficient (Wildman–Crippen LogP) is 3.49. The lowest BCUT2D eigenvalue weighted by Gasteiger charge is -2.10. The van der Waals surface area contributed by atoms with Crippen molar-refractivity contribution in [2.75, 3.05) is 12.4 Å². The van der Waals surface area contributed by atoms with Crippen LogP contribution >= 0.6 is 0 Å². The number of hydrogen-bond acceptors (Lipinski definition) is 5. The average molecular weight is 348 g/mol. The van der Waals surface area contributed by atoms with E-state index in [2.05, 4.69) is 15.0 Å². The van der Waals surface area contributed by atoms with Crippen LogP contribution in [0.1, 0.15) is 20.7 Å². The van der Waals surface area contributed by atoms with E-state index in [1.807, 2.05) is 24.3 Å². The summed E-state index contributed by atoms with van der Waals surface area (Å²) in [5.41, 5.74) is 2.50. The number of carbonyl (C=O) groups excluding carboxylic acids is 2. The van der Waals surface area contributed by atoms with Gasteiger partial charge in [-0.05, 0) is 47.5 Å². The SMILES string of the molecule is COC(=O)c1cccc(NC(=O)c2ccc(-c3ccncc3)cc2)c1O. The molecule has 0 saturated heterocycles. The van der Waals surface area contributed by atoms with E-state index in [1.54, 1.807) is 30.6 Å². The molecule has 0 spiro atoms. The number of para-hydroxylation sites is 1. The maximum absolute atomic E-state index is 12.4. The van der Waals surface area contributed by atoms with Crippen molar-refractivity contribution in [3.8, 4) is 16.9 Å². The summed E-state index contributed by atoms with van der Waals surface area (Å²) >= 11 is 0. The number of esters is 1. The molecule has 1 amide bonds. The first-order valence-electron chi connectivity index (χ1n) is 7.82. The molecule has 0 atom stereocenters. The fourth-order valence-electron chi connectivity index (χ4n) is 2.47. The lowest BCUT2D eigenvalue weighted by Crippen LogP contribution is -2.13. The zero-order valence-electron chi connectivity index (χ0n) is 14.0. The molecule has 0 aliphatic heterocycles. The van der Waals surface area contributed by atoms with E-state index >= 15 is 0 Å². The second-order valence-electron chi connectivity index (χ2n) is 5.46. The van der Waals surface area contributed by atoms with Crippen LogP contribution in [0.5, 0.6) is 5.75 Å². The standard InChI is InChI=1S/C20H16N2O4/c1-26-20(25)16-3-2-4-17(18(16)23)22-19(24)15-7-5-13(6-8-15)14-9-11-21-12-10-14/h2-12,23H,1H3,(H,22,24). The third-order valence-electron chi connectivity index (χ3n) is 3.85. The number of carbonyl (C=O) groups is 2. The maximum Gasteiger partial charge on any atom is 0.341 e. The fourth-order valence-corrected chi connectivity index (χ4v) is 2.47. The predicted molar refractivity (Wildman–Crippen MR) is 97.1 cm³/mol. The summed E-state index contributed by atoms with van der Waals surface area (Å²) in [7, 11) is 1.22. The minimum Gasteiger partial charge on any atom is -0.505 e. The highest BCUT2D eigenvalue weighted by atomic mass is 16.5. The van der Waals surface area contributed by atoms with Gasteiger partial charge >= 0.3 is 5.97 Å². The molecular weight excluding hydrogens is 332 g/mol. The zero-order chi connectivity index (χ0) is 18.5. The molecule has 0 radical (unpaired) electrons. The summed E-state index contributed by atoms with van der Waals surface area (Å²) in [6, 6.07) is 15.3. The third-order valence-corrected chi connectivity index (χ3v) is 3.85. The van der Waals surface area contributed by atoms with E-state index in [0.717, 1.165) is 11.1 Å². The largest absolute Gasteiger partial charge is 0.505 e. The summed E-state index contributed by atoms with van der Waals surface area (Å²) < 4.78 is 4.60. The van der Waals surface area contributed by atoms with E-state index < -0.39 is 11.9 Å². The number of rotatable bonds is 4. The first kappa shape index (κ1) is 17.2. The van der Waals surface area contributed by atoms with Crippen molar-refractivity contribution in [3.63, 3.8) is 0 Å². The number of ether oxygens (including phenoxy) is 1. The Morgan fingerprint density at radius 1 is 0.962 bits per heavy atom. The highest BCUT2D eigenvalue weighted by molar-refractivity contribution is 6.06. The molecule has 0 aliphatic carbocycles. The molecule has 0 unspecified atom stereocenters. The Hall–Kier alpha value is -3.67. The molecule has 0 bridgehead atoms. The highest BCUT2D eigenvalue weighted by Crippen LogP contribution is 2.28. The van der Waals surface area contributed by atoms with E-state index in [0.29, 0.717) is 5.56 Å². The lowest BCUT2D eigenvalue weighted by atomic mass is 10.0. The van der Waals surface area contributed by atoms with Crippen LogP contribution in [0.4, 0.5) is 5.69 Å². The average Bonchev–Trinajstić information content (AvgIpc) is 2.69. The molecule has 6 heteroatoms. The lowest BCUT2D eigenvalue weighted by molar-refractivity contribution is 0.0597. The number of pyridine rings is 1. The quantitative estimate of drug-likeness (QED) is 0.556. The van der Waals surface area contributed by atoms with Gasteiger partial charge in [0, 0.05) is 18.0 Å². The van der Waals surface area contributed by atoms with Gasteiger partial charge in [0.1, 0.15) is 5.56 Å². The number of aromatic nitrogens is 1. The van der Waals surface area contributed by atoms with Gasteiger partial charge in [0.25, 0.3) is 5.91 Å². The summed E-state index contributed by atoms with van der Waals surface area (Å²) in [4.78, 5) is 28.0.